The minimum Gasteiger partial charge on any atom is -0.478 e. The summed E-state index contributed by atoms with van der Waals surface area (Å²) in [6.45, 7) is 0. The van der Waals surface area contributed by atoms with Crippen LogP contribution < -0.4 is 0 Å². The predicted molar refractivity (Wildman–Crippen MR) is 58.5 cm³/mol. The molecule has 0 saturated heterocycles. The molecule has 0 aromatic heterocycles. The molecule has 1 N–H and O–H groups in total. The molecule has 16 heavy (non-hydrogen) atoms. The number of carbonyl (C=O) groups is 1. The van der Waals surface area contributed by atoms with Crippen molar-refractivity contribution in [2.45, 2.75) is 6.10 Å². The fraction of sp³-hybridized carbons (Fsp3) is 0.167. The molecule has 1 atom stereocenters. The topological polar surface area (TPSA) is 70.3 Å². The van der Waals surface area contributed by atoms with Crippen LogP contribution in [0, 0.1) is 11.3 Å². The number of carboxylic acids is 1. The van der Waals surface area contributed by atoms with Gasteiger partial charge in [-0.15, -0.1) is 0 Å². The van der Waals surface area contributed by atoms with Gasteiger partial charge in [0, 0.05) is 18.7 Å². The maximum Gasteiger partial charge on any atom is 0.328 e. The highest BCUT2D eigenvalue weighted by Crippen LogP contribution is 2.21. The average Bonchev–Trinajstić information content (AvgIpc) is 2.29. The van der Waals surface area contributed by atoms with E-state index in [9.17, 15) is 4.79 Å². The van der Waals surface area contributed by atoms with E-state index in [1.165, 1.54) is 13.2 Å². The van der Waals surface area contributed by atoms with E-state index < -0.39 is 12.1 Å². The van der Waals surface area contributed by atoms with Crippen LogP contribution in [0.5, 0.6) is 0 Å². The molecule has 0 aliphatic heterocycles. The Hall–Kier alpha value is -2.12. The summed E-state index contributed by atoms with van der Waals surface area (Å²) >= 11 is 0. The fourth-order valence-corrected chi connectivity index (χ4v) is 1.31. The van der Waals surface area contributed by atoms with E-state index in [4.69, 9.17) is 15.1 Å². The van der Waals surface area contributed by atoms with Gasteiger partial charge in [-0.1, -0.05) is 24.3 Å². The van der Waals surface area contributed by atoms with Gasteiger partial charge in [0.05, 0.1) is 6.07 Å². The van der Waals surface area contributed by atoms with Crippen molar-refractivity contribution < 1.29 is 14.6 Å². The summed E-state index contributed by atoms with van der Waals surface area (Å²) in [4.78, 5) is 10.4. The first-order chi connectivity index (χ1) is 7.69. The molecule has 0 aliphatic rings. The molecule has 4 nitrogen and oxygen atoms in total. The van der Waals surface area contributed by atoms with Crippen LogP contribution >= 0.6 is 0 Å². The van der Waals surface area contributed by atoms with E-state index in [2.05, 4.69) is 0 Å². The van der Waals surface area contributed by atoms with Crippen molar-refractivity contribution in [3.05, 3.63) is 41.5 Å². The van der Waals surface area contributed by atoms with Crippen molar-refractivity contribution >= 4 is 12.0 Å². The number of rotatable bonds is 4. The van der Waals surface area contributed by atoms with Gasteiger partial charge in [-0.3, -0.25) is 0 Å². The lowest BCUT2D eigenvalue weighted by molar-refractivity contribution is -0.131. The maximum absolute atomic E-state index is 10.4. The summed E-state index contributed by atoms with van der Waals surface area (Å²) in [5, 5.41) is 17.4. The zero-order valence-electron chi connectivity index (χ0n) is 8.75. The molecule has 0 aliphatic carbocycles. The summed E-state index contributed by atoms with van der Waals surface area (Å²) in [5.74, 6) is -1.03. The summed E-state index contributed by atoms with van der Waals surface area (Å²) in [7, 11) is 1.44. The van der Waals surface area contributed by atoms with Gasteiger partial charge >= 0.3 is 5.97 Å². The second-order valence-corrected chi connectivity index (χ2v) is 3.05. The normalized spacial score (nSPS) is 12.2. The summed E-state index contributed by atoms with van der Waals surface area (Å²) in [6.07, 6.45) is 1.79. The lowest BCUT2D eigenvalue weighted by Crippen LogP contribution is -2.00. The second-order valence-electron chi connectivity index (χ2n) is 3.05. The van der Waals surface area contributed by atoms with E-state index in [1.54, 1.807) is 24.3 Å². The second kappa shape index (κ2) is 5.69. The molecule has 0 radical (unpaired) electrons. The highest BCUT2D eigenvalue weighted by molar-refractivity contribution is 5.85. The van der Waals surface area contributed by atoms with E-state index in [0.717, 1.165) is 6.08 Å². The summed E-state index contributed by atoms with van der Waals surface area (Å²) < 4.78 is 4.99. The molecule has 1 aromatic carbocycles. The Labute approximate surface area is 93.4 Å². The number of carboxylic acid groups (broad SMARTS) is 1. The van der Waals surface area contributed by atoms with Crippen molar-refractivity contribution in [3.8, 4) is 6.07 Å². The van der Waals surface area contributed by atoms with Gasteiger partial charge in [-0.2, -0.15) is 5.26 Å². The van der Waals surface area contributed by atoms with Crippen LogP contribution in [0.1, 0.15) is 17.2 Å². The first kappa shape index (κ1) is 12.0. The number of nitrogens with zero attached hydrogens (tertiary/aromatic N) is 1. The van der Waals surface area contributed by atoms with Crippen LogP contribution in [0.15, 0.2) is 30.3 Å². The van der Waals surface area contributed by atoms with Gasteiger partial charge in [-0.25, -0.2) is 4.79 Å². The maximum atomic E-state index is 10.4. The molecule has 0 amide bonds. The van der Waals surface area contributed by atoms with Gasteiger partial charge in [-0.05, 0) is 11.6 Å². The van der Waals surface area contributed by atoms with Gasteiger partial charge in [0.25, 0.3) is 0 Å². The van der Waals surface area contributed by atoms with Gasteiger partial charge in [0.15, 0.2) is 6.10 Å². The molecule has 0 spiro atoms. The Kier molecular flexibility index (Phi) is 4.25. The van der Waals surface area contributed by atoms with Crippen LogP contribution in [0.3, 0.4) is 0 Å². The third-order valence-electron chi connectivity index (χ3n) is 2.04. The molecule has 0 fully saturated rings. The Morgan fingerprint density at radius 2 is 2.25 bits per heavy atom. The smallest absolute Gasteiger partial charge is 0.328 e. The number of aliphatic carboxylic acids is 1. The molecule has 1 rings (SSSR count). The zero-order valence-corrected chi connectivity index (χ0v) is 8.75. The van der Waals surface area contributed by atoms with Crippen LogP contribution in [0.2, 0.25) is 0 Å². The quantitative estimate of drug-likeness (QED) is 0.783. The lowest BCUT2D eigenvalue weighted by Gasteiger charge is -2.10. The van der Waals surface area contributed by atoms with E-state index >= 15 is 0 Å². The third kappa shape index (κ3) is 2.94. The molecule has 82 valence electrons. The molecular formula is C12H11NO3. The SMILES string of the molecule is COC(C#N)c1ccccc1C=CC(=O)O. The highest BCUT2D eigenvalue weighted by atomic mass is 16.5. The standard InChI is InChI=1S/C12H11NO3/c1-16-11(8-13)10-5-3-2-4-9(10)6-7-12(14)15/h2-7,11H,1H3,(H,14,15). The number of hydrogen-bond donors (Lipinski definition) is 1. The van der Waals surface area contributed by atoms with Crippen molar-refractivity contribution in [2.75, 3.05) is 7.11 Å². The summed E-state index contributed by atoms with van der Waals surface area (Å²) in [6, 6.07) is 9.01. The van der Waals surface area contributed by atoms with E-state index in [-0.39, 0.29) is 0 Å². The minimum absolute atomic E-state index is 0.657. The van der Waals surface area contributed by atoms with Crippen molar-refractivity contribution in [1.82, 2.24) is 0 Å². The molecule has 0 bridgehead atoms. The van der Waals surface area contributed by atoms with E-state index in [0.29, 0.717) is 11.1 Å². The van der Waals surface area contributed by atoms with Crippen LogP contribution in [-0.4, -0.2) is 18.2 Å². The molecule has 4 heteroatoms. The molecule has 0 saturated carbocycles. The number of benzene rings is 1. The van der Waals surface area contributed by atoms with Gasteiger partial charge < -0.3 is 9.84 Å². The van der Waals surface area contributed by atoms with Crippen LogP contribution in [-0.2, 0) is 9.53 Å². The molecule has 0 heterocycles. The largest absolute Gasteiger partial charge is 0.478 e. The number of nitriles is 1. The van der Waals surface area contributed by atoms with Crippen molar-refractivity contribution in [3.63, 3.8) is 0 Å². The zero-order chi connectivity index (χ0) is 12.0. The molecular weight excluding hydrogens is 206 g/mol. The van der Waals surface area contributed by atoms with Crippen LogP contribution in [0.4, 0.5) is 0 Å². The Bertz CT molecular complexity index is 446. The fourth-order valence-electron chi connectivity index (χ4n) is 1.31. The first-order valence-corrected chi connectivity index (χ1v) is 4.61. The summed E-state index contributed by atoms with van der Waals surface area (Å²) in [5.41, 5.74) is 1.32. The van der Waals surface area contributed by atoms with Crippen molar-refractivity contribution in [2.24, 2.45) is 0 Å². The minimum atomic E-state index is -1.03. The van der Waals surface area contributed by atoms with Crippen molar-refractivity contribution in [1.29, 1.82) is 5.26 Å². The average molecular weight is 217 g/mol. The Morgan fingerprint density at radius 1 is 1.56 bits per heavy atom. The molecule has 1 aromatic rings. The predicted octanol–water partition coefficient (Wildman–Crippen LogP) is 2.00. The number of ether oxygens (including phenoxy) is 1. The number of hydrogen-bond acceptors (Lipinski definition) is 3. The van der Waals surface area contributed by atoms with Gasteiger partial charge in [0.1, 0.15) is 0 Å². The Balaban J connectivity index is 3.10. The highest BCUT2D eigenvalue weighted by Gasteiger charge is 2.11. The van der Waals surface area contributed by atoms with E-state index in [1.807, 2.05) is 6.07 Å². The first-order valence-electron chi connectivity index (χ1n) is 4.61. The Morgan fingerprint density at radius 3 is 2.81 bits per heavy atom. The monoisotopic (exact) mass is 217 g/mol. The van der Waals surface area contributed by atoms with Crippen LogP contribution in [0.25, 0.3) is 6.08 Å². The lowest BCUT2D eigenvalue weighted by atomic mass is 10.0. The third-order valence-corrected chi connectivity index (χ3v) is 2.04. The van der Waals surface area contributed by atoms with Gasteiger partial charge in [0.2, 0.25) is 0 Å². The number of methoxy groups -OCH3 is 1. The molecule has 1 unspecified atom stereocenters.